The van der Waals surface area contributed by atoms with Gasteiger partial charge in [-0.25, -0.2) is 4.98 Å². The summed E-state index contributed by atoms with van der Waals surface area (Å²) in [7, 11) is 0. The Kier molecular flexibility index (Phi) is 9.97. The first-order chi connectivity index (χ1) is 16.1. The second-order valence-corrected chi connectivity index (χ2v) is 7.78. The number of aliphatic hydroxyl groups excluding tert-OH is 1. The van der Waals surface area contributed by atoms with E-state index in [9.17, 15) is 13.2 Å². The molecule has 0 saturated carbocycles. The van der Waals surface area contributed by atoms with Gasteiger partial charge < -0.3 is 14.3 Å². The van der Waals surface area contributed by atoms with Gasteiger partial charge in [0.15, 0.2) is 11.4 Å². The number of nitrogens with zero attached hydrogens (tertiary/aromatic N) is 3. The molecule has 3 rings (SSSR count). The summed E-state index contributed by atoms with van der Waals surface area (Å²) in [6, 6.07) is 6.20. The molecule has 0 aliphatic heterocycles. The van der Waals surface area contributed by atoms with Crippen LogP contribution in [0.25, 0.3) is 11.4 Å². The molecule has 0 atom stereocenters. The molecule has 1 aromatic carbocycles. The molecule has 0 aliphatic carbocycles. The van der Waals surface area contributed by atoms with Gasteiger partial charge in [0.2, 0.25) is 0 Å². The molecule has 3 aromatic rings. The Hall–Kier alpha value is -2.55. The number of alkyl halides is 3. The lowest BCUT2D eigenvalue weighted by Crippen LogP contribution is -2.06. The Morgan fingerprint density at radius 3 is 2.47 bits per heavy atom. The van der Waals surface area contributed by atoms with Gasteiger partial charge >= 0.3 is 6.18 Å². The minimum atomic E-state index is -4.53. The standard InChI is InChI=1S/C22H20Cl2F3N3O2.C2H6/c1-3-4-20(32-29-13(2)16-6-5-14(7-8-31)9-17(16)23)19-12-30-11-15(22(25,26)27)10-18(24)21(30)28-19;1-2/h4-6,9-12,31H,3,7-8H2,1-2H3;1-2H3/b20-4-,29-13+;. The van der Waals surface area contributed by atoms with Crippen molar-refractivity contribution >= 4 is 40.3 Å². The van der Waals surface area contributed by atoms with Crippen LogP contribution in [0, 0.1) is 0 Å². The zero-order valence-corrected chi connectivity index (χ0v) is 20.8. The fraction of sp³-hybridized carbons (Fsp3) is 0.333. The number of benzene rings is 1. The van der Waals surface area contributed by atoms with Gasteiger partial charge in [-0.2, -0.15) is 13.2 Å². The Bertz CT molecular complexity index is 1190. The number of aliphatic hydroxyl groups is 1. The van der Waals surface area contributed by atoms with Crippen LogP contribution in [0.3, 0.4) is 0 Å². The maximum absolute atomic E-state index is 13.1. The monoisotopic (exact) mass is 515 g/mol. The molecule has 184 valence electrons. The number of oxime groups is 1. The van der Waals surface area contributed by atoms with E-state index in [4.69, 9.17) is 33.1 Å². The summed E-state index contributed by atoms with van der Waals surface area (Å²) in [6.45, 7) is 7.61. The molecular weight excluding hydrogens is 490 g/mol. The van der Waals surface area contributed by atoms with Gasteiger partial charge in [-0.1, -0.05) is 61.3 Å². The van der Waals surface area contributed by atoms with E-state index in [0.29, 0.717) is 29.1 Å². The fourth-order valence-corrected chi connectivity index (χ4v) is 3.61. The van der Waals surface area contributed by atoms with Crippen molar-refractivity contribution in [3.8, 4) is 0 Å². The van der Waals surface area contributed by atoms with E-state index >= 15 is 0 Å². The minimum absolute atomic E-state index is 0.0184. The third-order valence-corrected chi connectivity index (χ3v) is 5.17. The van der Waals surface area contributed by atoms with Crippen molar-refractivity contribution in [3.63, 3.8) is 0 Å². The molecule has 1 N–H and O–H groups in total. The summed E-state index contributed by atoms with van der Waals surface area (Å²) in [6.07, 6.45) is 0.568. The maximum atomic E-state index is 13.1. The van der Waals surface area contributed by atoms with E-state index in [-0.39, 0.29) is 28.7 Å². The summed E-state index contributed by atoms with van der Waals surface area (Å²) in [5.74, 6) is 0.271. The van der Waals surface area contributed by atoms with Gasteiger partial charge in [-0.15, -0.1) is 0 Å². The zero-order chi connectivity index (χ0) is 25.5. The Labute approximate surface area is 206 Å². The lowest BCUT2D eigenvalue weighted by molar-refractivity contribution is -0.137. The molecule has 0 radical (unpaired) electrons. The molecule has 0 aliphatic rings. The van der Waals surface area contributed by atoms with Crippen LogP contribution in [0.2, 0.25) is 10.0 Å². The number of halogens is 5. The van der Waals surface area contributed by atoms with Crippen molar-refractivity contribution < 1.29 is 23.1 Å². The number of pyridine rings is 1. The van der Waals surface area contributed by atoms with Crippen molar-refractivity contribution in [2.75, 3.05) is 6.61 Å². The van der Waals surface area contributed by atoms with E-state index in [1.54, 1.807) is 25.1 Å². The number of fused-ring (bicyclic) bond motifs is 1. The van der Waals surface area contributed by atoms with Crippen LogP contribution in [0.4, 0.5) is 13.2 Å². The highest BCUT2D eigenvalue weighted by Gasteiger charge is 2.32. The number of hydrogen-bond acceptors (Lipinski definition) is 4. The lowest BCUT2D eigenvalue weighted by atomic mass is 10.1. The summed E-state index contributed by atoms with van der Waals surface area (Å²) < 4.78 is 40.5. The number of allylic oxidation sites excluding steroid dienone is 1. The van der Waals surface area contributed by atoms with Crippen LogP contribution in [-0.4, -0.2) is 26.8 Å². The third kappa shape index (κ3) is 6.74. The van der Waals surface area contributed by atoms with Gasteiger partial charge in [0, 0.05) is 24.6 Å². The summed E-state index contributed by atoms with van der Waals surface area (Å²) in [5, 5.41) is 13.5. The maximum Gasteiger partial charge on any atom is 0.417 e. The van der Waals surface area contributed by atoms with E-state index in [2.05, 4.69) is 10.1 Å². The number of rotatable bonds is 7. The topological polar surface area (TPSA) is 59.1 Å². The molecule has 10 heteroatoms. The predicted molar refractivity (Wildman–Crippen MR) is 130 cm³/mol. The van der Waals surface area contributed by atoms with Crippen molar-refractivity contribution in [2.45, 2.75) is 46.7 Å². The van der Waals surface area contributed by atoms with Crippen molar-refractivity contribution in [1.82, 2.24) is 9.38 Å². The number of aromatic nitrogens is 2. The molecule has 34 heavy (non-hydrogen) atoms. The van der Waals surface area contributed by atoms with Crippen LogP contribution in [-0.2, 0) is 17.4 Å². The zero-order valence-electron chi connectivity index (χ0n) is 19.2. The fourth-order valence-electron chi connectivity index (χ4n) is 3.01. The predicted octanol–water partition coefficient (Wildman–Crippen LogP) is 7.41. The molecule has 2 aromatic heterocycles. The molecular formula is C24H26Cl2F3N3O2. The van der Waals surface area contributed by atoms with E-state index < -0.39 is 11.7 Å². The second-order valence-electron chi connectivity index (χ2n) is 6.96. The first-order valence-electron chi connectivity index (χ1n) is 10.7. The SMILES string of the molecule is CC.CC/C=C(\O/N=C(\C)c1ccc(CCO)cc1Cl)c1cn2cc(C(F)(F)F)cc(Cl)c2n1. The number of imidazole rings is 1. The van der Waals surface area contributed by atoms with Gasteiger partial charge in [-0.3, -0.25) is 0 Å². The Morgan fingerprint density at radius 1 is 1.18 bits per heavy atom. The highest BCUT2D eigenvalue weighted by molar-refractivity contribution is 6.34. The van der Waals surface area contributed by atoms with Crippen LogP contribution in [0.15, 0.2) is 47.9 Å². The minimum Gasteiger partial charge on any atom is -0.396 e. The molecule has 0 saturated heterocycles. The summed E-state index contributed by atoms with van der Waals surface area (Å²) in [5.41, 5.74) is 1.61. The van der Waals surface area contributed by atoms with Crippen molar-refractivity contribution in [3.05, 3.63) is 75.2 Å². The quantitative estimate of drug-likeness (QED) is 0.202. The molecule has 0 bridgehead atoms. The van der Waals surface area contributed by atoms with Crippen LogP contribution < -0.4 is 0 Å². The van der Waals surface area contributed by atoms with Crippen molar-refractivity contribution in [2.24, 2.45) is 5.16 Å². The first kappa shape index (κ1) is 27.7. The molecule has 0 fully saturated rings. The molecule has 0 amide bonds. The van der Waals surface area contributed by atoms with Gasteiger partial charge in [0.25, 0.3) is 0 Å². The van der Waals surface area contributed by atoms with Crippen molar-refractivity contribution in [1.29, 1.82) is 0 Å². The van der Waals surface area contributed by atoms with Gasteiger partial charge in [0.1, 0.15) is 5.69 Å². The summed E-state index contributed by atoms with van der Waals surface area (Å²) in [4.78, 5) is 9.90. The average Bonchev–Trinajstić information content (AvgIpc) is 3.22. The largest absolute Gasteiger partial charge is 0.417 e. The summed E-state index contributed by atoms with van der Waals surface area (Å²) >= 11 is 12.3. The van der Waals surface area contributed by atoms with Gasteiger partial charge in [0.05, 0.1) is 21.3 Å². The lowest BCUT2D eigenvalue weighted by Gasteiger charge is -2.07. The van der Waals surface area contributed by atoms with Crippen LogP contribution >= 0.6 is 23.2 Å². The highest BCUT2D eigenvalue weighted by Crippen LogP contribution is 2.33. The average molecular weight is 516 g/mol. The normalized spacial score (nSPS) is 12.5. The Morgan fingerprint density at radius 2 is 1.88 bits per heavy atom. The van der Waals surface area contributed by atoms with E-state index in [1.807, 2.05) is 26.8 Å². The third-order valence-electron chi connectivity index (χ3n) is 4.58. The molecule has 0 spiro atoms. The van der Waals surface area contributed by atoms with E-state index in [1.165, 1.54) is 10.6 Å². The van der Waals surface area contributed by atoms with Crippen LogP contribution in [0.1, 0.15) is 56.5 Å². The van der Waals surface area contributed by atoms with E-state index in [0.717, 1.165) is 17.8 Å². The molecule has 2 heterocycles. The first-order valence-corrected chi connectivity index (χ1v) is 11.5. The number of hydrogen-bond donors (Lipinski definition) is 1. The second kappa shape index (κ2) is 12.2. The molecule has 0 unspecified atom stereocenters. The smallest absolute Gasteiger partial charge is 0.396 e. The highest BCUT2D eigenvalue weighted by atomic mass is 35.5. The Balaban J connectivity index is 0.00000199. The van der Waals surface area contributed by atoms with Crippen LogP contribution in [0.5, 0.6) is 0 Å². The molecule has 5 nitrogen and oxygen atoms in total. The van der Waals surface area contributed by atoms with Gasteiger partial charge in [-0.05, 0) is 43.5 Å².